The van der Waals surface area contributed by atoms with Gasteiger partial charge in [0.25, 0.3) is 5.91 Å². The smallest absolute Gasteiger partial charge is 0.267 e. The van der Waals surface area contributed by atoms with E-state index in [9.17, 15) is 9.18 Å². The lowest BCUT2D eigenvalue weighted by atomic mass is 9.90. The average molecular weight is 444 g/mol. The second-order valence-electron chi connectivity index (χ2n) is 8.07. The minimum Gasteiger partial charge on any atom is -0.267 e. The first-order valence-corrected chi connectivity index (χ1v) is 11.5. The number of anilines is 1. The summed E-state index contributed by atoms with van der Waals surface area (Å²) in [6.45, 7) is 2.03. The molecule has 32 heavy (non-hydrogen) atoms. The quantitative estimate of drug-likeness (QED) is 0.274. The molecule has 0 radical (unpaired) electrons. The van der Waals surface area contributed by atoms with Crippen molar-refractivity contribution in [3.63, 3.8) is 0 Å². The molecule has 0 bridgehead atoms. The van der Waals surface area contributed by atoms with Gasteiger partial charge in [-0.3, -0.25) is 4.79 Å². The summed E-state index contributed by atoms with van der Waals surface area (Å²) >= 11 is 1.43. The second kappa shape index (κ2) is 8.63. The number of halogens is 1. The summed E-state index contributed by atoms with van der Waals surface area (Å²) in [5, 5.41) is 6.35. The number of fused-ring (bicyclic) bond motifs is 2. The number of carbonyl (C=O) groups is 1. The van der Waals surface area contributed by atoms with Gasteiger partial charge < -0.3 is 0 Å². The van der Waals surface area contributed by atoms with Gasteiger partial charge in [0.15, 0.2) is 0 Å². The molecule has 0 saturated heterocycles. The van der Waals surface area contributed by atoms with Gasteiger partial charge in [-0.1, -0.05) is 35.6 Å². The van der Waals surface area contributed by atoms with Crippen LogP contribution in [0.15, 0.2) is 65.8 Å². The Kier molecular flexibility index (Phi) is 5.53. The van der Waals surface area contributed by atoms with Crippen molar-refractivity contribution in [2.24, 2.45) is 5.10 Å². The van der Waals surface area contributed by atoms with Crippen molar-refractivity contribution in [3.05, 3.63) is 94.3 Å². The molecule has 1 aliphatic rings. The van der Waals surface area contributed by atoms with Gasteiger partial charge in [0.05, 0.1) is 16.4 Å². The van der Waals surface area contributed by atoms with E-state index in [-0.39, 0.29) is 11.7 Å². The van der Waals surface area contributed by atoms with Crippen LogP contribution < -0.4 is 5.01 Å². The summed E-state index contributed by atoms with van der Waals surface area (Å²) in [5.41, 5.74) is 5.82. The summed E-state index contributed by atoms with van der Waals surface area (Å²) in [6.07, 6.45) is 5.96. The molecule has 0 spiro atoms. The Morgan fingerprint density at radius 3 is 2.62 bits per heavy atom. The lowest BCUT2D eigenvalue weighted by Crippen LogP contribution is -2.26. The van der Waals surface area contributed by atoms with E-state index < -0.39 is 0 Å². The Hall–Kier alpha value is -3.38. The van der Waals surface area contributed by atoms with Crippen LogP contribution in [0.25, 0.3) is 10.2 Å². The molecule has 1 aliphatic carbocycles. The van der Waals surface area contributed by atoms with Crippen LogP contribution >= 0.6 is 11.3 Å². The first kappa shape index (κ1) is 20.5. The third kappa shape index (κ3) is 4.18. The van der Waals surface area contributed by atoms with E-state index in [4.69, 9.17) is 0 Å². The molecule has 3 aromatic carbocycles. The van der Waals surface area contributed by atoms with Gasteiger partial charge >= 0.3 is 0 Å². The van der Waals surface area contributed by atoms with E-state index in [0.717, 1.165) is 35.0 Å². The van der Waals surface area contributed by atoms with Crippen molar-refractivity contribution in [3.8, 4) is 0 Å². The minimum atomic E-state index is -0.314. The van der Waals surface area contributed by atoms with Gasteiger partial charge in [0.1, 0.15) is 5.82 Å². The summed E-state index contributed by atoms with van der Waals surface area (Å²) in [5.74, 6) is -0.543. The number of hydrogen-bond acceptors (Lipinski definition) is 4. The third-order valence-corrected chi connectivity index (χ3v) is 6.69. The van der Waals surface area contributed by atoms with Crippen LogP contribution in [0.1, 0.15) is 45.5 Å². The normalized spacial score (nSPS) is 13.4. The lowest BCUT2D eigenvalue weighted by molar-refractivity contribution is 0.0987. The summed E-state index contributed by atoms with van der Waals surface area (Å²) < 4.78 is 14.3. The maximum atomic E-state index is 13.6. The highest BCUT2D eigenvalue weighted by Gasteiger charge is 2.22. The maximum absolute atomic E-state index is 13.6. The van der Waals surface area contributed by atoms with Gasteiger partial charge in [-0.05, 0) is 91.3 Å². The fraction of sp³-hybridized carbons (Fsp3) is 0.192. The first-order valence-electron chi connectivity index (χ1n) is 10.7. The van der Waals surface area contributed by atoms with Crippen LogP contribution in [-0.4, -0.2) is 17.1 Å². The van der Waals surface area contributed by atoms with Crippen LogP contribution in [0.5, 0.6) is 0 Å². The zero-order valence-corrected chi connectivity index (χ0v) is 18.5. The van der Waals surface area contributed by atoms with Gasteiger partial charge in [0, 0.05) is 5.56 Å². The molecule has 0 unspecified atom stereocenters. The fourth-order valence-electron chi connectivity index (χ4n) is 3.96. The predicted molar refractivity (Wildman–Crippen MR) is 128 cm³/mol. The predicted octanol–water partition coefficient (Wildman–Crippen LogP) is 6.30. The molecule has 6 heteroatoms. The summed E-state index contributed by atoms with van der Waals surface area (Å²) in [6, 6.07) is 17.9. The van der Waals surface area contributed by atoms with Crippen molar-refractivity contribution < 1.29 is 9.18 Å². The Balaban J connectivity index is 1.54. The standard InChI is InChI=1S/C26H22FN3OS/c1-17-6-13-23-24(14-17)32-26(29-23)30(28-16-18-7-11-22(27)12-8-18)25(31)21-10-9-19-4-2-3-5-20(19)15-21/h6-16H,2-5H2,1H3/b28-16+. The van der Waals surface area contributed by atoms with E-state index in [2.05, 4.69) is 22.2 Å². The number of aromatic nitrogens is 1. The molecule has 5 rings (SSSR count). The maximum Gasteiger partial charge on any atom is 0.280 e. The Morgan fingerprint density at radius 1 is 1.03 bits per heavy atom. The number of thiazole rings is 1. The van der Waals surface area contributed by atoms with E-state index in [1.165, 1.54) is 46.0 Å². The molecule has 160 valence electrons. The van der Waals surface area contributed by atoms with E-state index in [1.807, 2.05) is 31.2 Å². The lowest BCUT2D eigenvalue weighted by Gasteiger charge is -2.18. The van der Waals surface area contributed by atoms with E-state index in [1.54, 1.807) is 18.3 Å². The highest BCUT2D eigenvalue weighted by Crippen LogP contribution is 2.31. The third-order valence-electron chi connectivity index (χ3n) is 5.69. The Labute approximate surface area is 190 Å². The molecule has 0 aliphatic heterocycles. The topological polar surface area (TPSA) is 45.6 Å². The Morgan fingerprint density at radius 2 is 1.81 bits per heavy atom. The van der Waals surface area contributed by atoms with Gasteiger partial charge in [-0.2, -0.15) is 10.1 Å². The number of aryl methyl sites for hydroxylation is 3. The molecule has 0 fully saturated rings. The average Bonchev–Trinajstić information content (AvgIpc) is 3.22. The van der Waals surface area contributed by atoms with E-state index in [0.29, 0.717) is 16.3 Å². The summed E-state index contributed by atoms with van der Waals surface area (Å²) in [4.78, 5) is 18.2. The number of hydrogen-bond donors (Lipinski definition) is 0. The van der Waals surface area contributed by atoms with Crippen molar-refractivity contribution in [2.45, 2.75) is 32.6 Å². The zero-order valence-electron chi connectivity index (χ0n) is 17.7. The molecular weight excluding hydrogens is 421 g/mol. The molecule has 4 aromatic rings. The molecule has 0 atom stereocenters. The SMILES string of the molecule is Cc1ccc2nc(N(/N=C/c3ccc(F)cc3)C(=O)c3ccc4c(c3)CCCC4)sc2c1. The molecule has 4 nitrogen and oxygen atoms in total. The molecule has 0 N–H and O–H groups in total. The second-order valence-corrected chi connectivity index (χ2v) is 9.08. The van der Waals surface area contributed by atoms with Crippen LogP contribution in [0, 0.1) is 12.7 Å². The van der Waals surface area contributed by atoms with Crippen LogP contribution in [-0.2, 0) is 12.8 Å². The number of amides is 1. The fourth-order valence-corrected chi connectivity index (χ4v) is 4.98. The van der Waals surface area contributed by atoms with Crippen LogP contribution in [0.4, 0.5) is 9.52 Å². The van der Waals surface area contributed by atoms with E-state index >= 15 is 0 Å². The zero-order chi connectivity index (χ0) is 22.1. The van der Waals surface area contributed by atoms with Crippen LogP contribution in [0.3, 0.4) is 0 Å². The van der Waals surface area contributed by atoms with Gasteiger partial charge in [-0.25, -0.2) is 9.37 Å². The number of carbonyl (C=O) groups excluding carboxylic acids is 1. The molecule has 0 saturated carbocycles. The minimum absolute atomic E-state index is 0.229. The highest BCUT2D eigenvalue weighted by atomic mass is 32.1. The summed E-state index contributed by atoms with van der Waals surface area (Å²) in [7, 11) is 0. The number of nitrogens with zero attached hydrogens (tertiary/aromatic N) is 3. The molecule has 1 amide bonds. The van der Waals surface area contributed by atoms with Crippen molar-refractivity contribution in [1.82, 2.24) is 4.98 Å². The van der Waals surface area contributed by atoms with Gasteiger partial charge in [0.2, 0.25) is 5.13 Å². The monoisotopic (exact) mass is 443 g/mol. The highest BCUT2D eigenvalue weighted by molar-refractivity contribution is 7.22. The number of hydrazone groups is 1. The Bertz CT molecular complexity index is 1330. The molecular formula is C26H22FN3OS. The van der Waals surface area contributed by atoms with Crippen molar-refractivity contribution in [1.29, 1.82) is 0 Å². The number of benzene rings is 3. The van der Waals surface area contributed by atoms with Crippen LogP contribution in [0.2, 0.25) is 0 Å². The number of rotatable bonds is 4. The van der Waals surface area contributed by atoms with Crippen molar-refractivity contribution in [2.75, 3.05) is 5.01 Å². The largest absolute Gasteiger partial charge is 0.280 e. The molecule has 1 aromatic heterocycles. The first-order chi connectivity index (χ1) is 15.6. The molecule has 1 heterocycles. The van der Waals surface area contributed by atoms with Gasteiger partial charge in [-0.15, -0.1) is 0 Å². The van der Waals surface area contributed by atoms with Crippen molar-refractivity contribution >= 4 is 38.8 Å².